The fourth-order valence-corrected chi connectivity index (χ4v) is 4.47. The number of hydrogen-bond acceptors (Lipinski definition) is 2. The van der Waals surface area contributed by atoms with Gasteiger partial charge in [-0.2, -0.15) is 0 Å². The maximum absolute atomic E-state index is 5.52. The van der Waals surface area contributed by atoms with E-state index in [1.165, 1.54) is 11.1 Å². The van der Waals surface area contributed by atoms with E-state index in [2.05, 4.69) is 45.7 Å². The van der Waals surface area contributed by atoms with Gasteiger partial charge in [0.1, 0.15) is 11.5 Å². The molecule has 1 aromatic carbocycles. The van der Waals surface area contributed by atoms with Crippen LogP contribution in [0.1, 0.15) is 36.2 Å². The fourth-order valence-electron chi connectivity index (χ4n) is 2.65. The van der Waals surface area contributed by atoms with E-state index in [1.807, 2.05) is 6.07 Å². The smallest absolute Gasteiger partial charge is 0.137 e. The van der Waals surface area contributed by atoms with Crippen LogP contribution in [0.3, 0.4) is 0 Å². The van der Waals surface area contributed by atoms with Crippen LogP contribution in [0.5, 0.6) is 11.5 Å². The first kappa shape index (κ1) is 13.2. The molecule has 0 bridgehead atoms. The average molecular weight is 364 g/mol. The number of methoxy groups -OCH3 is 2. The maximum atomic E-state index is 5.52. The largest absolute Gasteiger partial charge is 0.496 e. The van der Waals surface area contributed by atoms with E-state index in [9.17, 15) is 0 Å². The first-order chi connectivity index (χ1) is 7.92. The molecule has 0 aromatic heterocycles. The second-order valence-electron chi connectivity index (χ2n) is 4.94. The van der Waals surface area contributed by atoms with Crippen molar-refractivity contribution in [1.29, 1.82) is 0 Å². The first-order valence-electron chi connectivity index (χ1n) is 5.51. The van der Waals surface area contributed by atoms with Gasteiger partial charge in [0.05, 0.1) is 18.7 Å². The Labute approximate surface area is 119 Å². The van der Waals surface area contributed by atoms with E-state index in [0.717, 1.165) is 22.4 Å². The summed E-state index contributed by atoms with van der Waals surface area (Å²) in [6, 6.07) is 1.99. The molecule has 0 spiro atoms. The van der Waals surface area contributed by atoms with Crippen LogP contribution in [-0.4, -0.2) is 14.2 Å². The van der Waals surface area contributed by atoms with Crippen molar-refractivity contribution in [3.05, 3.63) is 21.7 Å². The van der Waals surface area contributed by atoms with Crippen LogP contribution >= 0.6 is 31.9 Å². The number of halogens is 2. The van der Waals surface area contributed by atoms with Gasteiger partial charge in [0.2, 0.25) is 0 Å². The highest BCUT2D eigenvalue weighted by Crippen LogP contribution is 2.57. The van der Waals surface area contributed by atoms with Crippen LogP contribution in [0, 0.1) is 0 Å². The maximum Gasteiger partial charge on any atom is 0.137 e. The number of hydrogen-bond donors (Lipinski definition) is 0. The van der Waals surface area contributed by atoms with E-state index in [1.54, 1.807) is 14.2 Å². The van der Waals surface area contributed by atoms with Crippen molar-refractivity contribution in [2.24, 2.45) is 0 Å². The summed E-state index contributed by atoms with van der Waals surface area (Å²) in [6.07, 6.45) is 1.05. The summed E-state index contributed by atoms with van der Waals surface area (Å²) in [5.74, 6) is 1.84. The molecule has 1 aliphatic carbocycles. The molecule has 1 atom stereocenters. The Balaban J connectivity index is 2.77. The summed E-state index contributed by atoms with van der Waals surface area (Å²) in [7, 11) is 3.42. The van der Waals surface area contributed by atoms with Crippen molar-refractivity contribution < 1.29 is 9.47 Å². The van der Waals surface area contributed by atoms with Gasteiger partial charge >= 0.3 is 0 Å². The van der Waals surface area contributed by atoms with E-state index in [0.29, 0.717) is 4.83 Å². The topological polar surface area (TPSA) is 18.5 Å². The molecule has 2 nitrogen and oxygen atoms in total. The van der Waals surface area contributed by atoms with Crippen LogP contribution in [0.2, 0.25) is 0 Å². The molecule has 17 heavy (non-hydrogen) atoms. The van der Waals surface area contributed by atoms with E-state index < -0.39 is 0 Å². The van der Waals surface area contributed by atoms with Gasteiger partial charge in [-0.15, -0.1) is 0 Å². The zero-order valence-corrected chi connectivity index (χ0v) is 13.6. The number of ether oxygens (including phenoxy) is 2. The van der Waals surface area contributed by atoms with Crippen LogP contribution in [-0.2, 0) is 5.41 Å². The fraction of sp³-hybridized carbons (Fsp3) is 0.538. The Hall–Kier alpha value is -0.220. The molecule has 0 saturated carbocycles. The molecule has 1 aliphatic rings. The molecule has 0 heterocycles. The van der Waals surface area contributed by atoms with Crippen molar-refractivity contribution in [1.82, 2.24) is 0 Å². The lowest BCUT2D eigenvalue weighted by molar-refractivity contribution is 0.387. The summed E-state index contributed by atoms with van der Waals surface area (Å²) >= 11 is 7.29. The second-order valence-corrected chi connectivity index (χ2v) is 6.90. The second kappa shape index (κ2) is 4.47. The van der Waals surface area contributed by atoms with Crippen LogP contribution < -0.4 is 9.47 Å². The highest BCUT2D eigenvalue weighted by molar-refractivity contribution is 9.10. The van der Waals surface area contributed by atoms with Crippen molar-refractivity contribution in [2.45, 2.75) is 30.5 Å². The molecule has 4 heteroatoms. The minimum absolute atomic E-state index is 0.100. The zero-order valence-electron chi connectivity index (χ0n) is 10.4. The third-order valence-corrected chi connectivity index (χ3v) is 4.71. The number of fused-ring (bicyclic) bond motifs is 1. The Bertz CT molecular complexity index is 455. The third-order valence-electron chi connectivity index (χ3n) is 3.34. The minimum atomic E-state index is 0.100. The SMILES string of the molecule is COc1cc(Br)c(OC)c2c1C(C)(C)CC2Br. The lowest BCUT2D eigenvalue weighted by Gasteiger charge is -2.22. The molecule has 0 aliphatic heterocycles. The molecule has 1 aromatic rings. The van der Waals surface area contributed by atoms with Gasteiger partial charge in [0, 0.05) is 16.0 Å². The predicted molar refractivity (Wildman–Crippen MR) is 76.6 cm³/mol. The van der Waals surface area contributed by atoms with E-state index in [-0.39, 0.29) is 5.41 Å². The first-order valence-corrected chi connectivity index (χ1v) is 7.22. The normalized spacial score (nSPS) is 21.2. The Morgan fingerprint density at radius 3 is 2.47 bits per heavy atom. The molecule has 0 saturated heterocycles. The van der Waals surface area contributed by atoms with Crippen molar-refractivity contribution >= 4 is 31.9 Å². The van der Waals surface area contributed by atoms with Gasteiger partial charge < -0.3 is 9.47 Å². The Morgan fingerprint density at radius 2 is 1.94 bits per heavy atom. The zero-order chi connectivity index (χ0) is 12.8. The van der Waals surface area contributed by atoms with Gasteiger partial charge in [-0.25, -0.2) is 0 Å². The van der Waals surface area contributed by atoms with Crippen molar-refractivity contribution in [2.75, 3.05) is 14.2 Å². The minimum Gasteiger partial charge on any atom is -0.496 e. The number of alkyl halides is 1. The van der Waals surface area contributed by atoms with Crippen molar-refractivity contribution in [3.8, 4) is 11.5 Å². The molecule has 0 fully saturated rings. The van der Waals surface area contributed by atoms with Crippen LogP contribution in [0.15, 0.2) is 10.5 Å². The molecular weight excluding hydrogens is 348 g/mol. The highest BCUT2D eigenvalue weighted by Gasteiger charge is 2.41. The van der Waals surface area contributed by atoms with Crippen LogP contribution in [0.4, 0.5) is 0 Å². The van der Waals surface area contributed by atoms with Gasteiger partial charge in [-0.1, -0.05) is 29.8 Å². The number of rotatable bonds is 2. The van der Waals surface area contributed by atoms with Gasteiger partial charge in [0.15, 0.2) is 0 Å². The molecular formula is C13H16Br2O2. The van der Waals surface area contributed by atoms with E-state index >= 15 is 0 Å². The lowest BCUT2D eigenvalue weighted by atomic mass is 9.86. The summed E-state index contributed by atoms with van der Waals surface area (Å²) in [6.45, 7) is 4.48. The van der Waals surface area contributed by atoms with Crippen LogP contribution in [0.25, 0.3) is 0 Å². The average Bonchev–Trinajstić information content (AvgIpc) is 2.48. The Kier molecular flexibility index (Phi) is 3.47. The van der Waals surface area contributed by atoms with Gasteiger partial charge in [-0.3, -0.25) is 0 Å². The van der Waals surface area contributed by atoms with Gasteiger partial charge in [0.25, 0.3) is 0 Å². The quantitative estimate of drug-likeness (QED) is 0.716. The third kappa shape index (κ3) is 1.99. The van der Waals surface area contributed by atoms with Gasteiger partial charge in [-0.05, 0) is 33.8 Å². The molecule has 1 unspecified atom stereocenters. The standard InChI is InChI=1S/C13H16Br2O2/c1-13(2)6-8(15)10-11(13)9(16-3)5-7(14)12(10)17-4/h5,8H,6H2,1-4H3. The molecule has 2 rings (SSSR count). The molecule has 0 N–H and O–H groups in total. The molecule has 94 valence electrons. The van der Waals surface area contributed by atoms with Crippen molar-refractivity contribution in [3.63, 3.8) is 0 Å². The van der Waals surface area contributed by atoms with E-state index in [4.69, 9.17) is 9.47 Å². The highest BCUT2D eigenvalue weighted by atomic mass is 79.9. The Morgan fingerprint density at radius 1 is 1.29 bits per heavy atom. The summed E-state index contributed by atoms with van der Waals surface area (Å²) < 4.78 is 12.0. The summed E-state index contributed by atoms with van der Waals surface area (Å²) in [4.78, 5) is 0.314. The predicted octanol–water partition coefficient (Wildman–Crippen LogP) is 4.58. The lowest BCUT2D eigenvalue weighted by Crippen LogP contribution is -2.13. The monoisotopic (exact) mass is 362 g/mol. The summed E-state index contributed by atoms with van der Waals surface area (Å²) in [5.41, 5.74) is 2.56. The molecule has 0 amide bonds. The number of benzene rings is 1. The molecule has 0 radical (unpaired) electrons. The summed E-state index contributed by atoms with van der Waals surface area (Å²) in [5, 5.41) is 0.